The molecule has 3 rings (SSSR count). The molecule has 0 saturated carbocycles. The first-order chi connectivity index (χ1) is 10.2. The fourth-order valence-electron chi connectivity index (χ4n) is 2.57. The predicted octanol–water partition coefficient (Wildman–Crippen LogP) is 2.98. The molecule has 0 amide bonds. The Labute approximate surface area is 127 Å². The maximum atomic E-state index is 10.7. The summed E-state index contributed by atoms with van der Waals surface area (Å²) in [6.45, 7) is 4.99. The zero-order valence-corrected chi connectivity index (χ0v) is 12.5. The fourth-order valence-corrected chi connectivity index (χ4v) is 3.32. The summed E-state index contributed by atoms with van der Waals surface area (Å²) >= 11 is 1.80. The van der Waals surface area contributed by atoms with Crippen LogP contribution in [0, 0.1) is 10.1 Å². The summed E-state index contributed by atoms with van der Waals surface area (Å²) in [5, 5.41) is 12.8. The Bertz CT molecular complexity index is 590. The third-order valence-electron chi connectivity index (χ3n) is 3.76. The molecule has 0 bridgehead atoms. The Kier molecular flexibility index (Phi) is 4.17. The first-order valence-corrected chi connectivity index (χ1v) is 7.84. The van der Waals surface area contributed by atoms with Crippen molar-refractivity contribution < 1.29 is 4.92 Å². The van der Waals surface area contributed by atoms with E-state index in [0.717, 1.165) is 38.4 Å². The maximum Gasteiger partial charge on any atom is 0.269 e. The van der Waals surface area contributed by atoms with Crippen molar-refractivity contribution in [1.82, 2.24) is 4.90 Å². The van der Waals surface area contributed by atoms with Gasteiger partial charge in [-0.05, 0) is 23.6 Å². The Morgan fingerprint density at radius 1 is 1.10 bits per heavy atom. The summed E-state index contributed by atoms with van der Waals surface area (Å²) in [6, 6.07) is 11.1. The van der Waals surface area contributed by atoms with E-state index in [4.69, 9.17) is 0 Å². The summed E-state index contributed by atoms with van der Waals surface area (Å²) in [5.41, 5.74) is 1.21. The number of non-ortho nitro benzene ring substituents is 1. The number of nitrogens with zero attached hydrogens (tertiary/aromatic N) is 3. The van der Waals surface area contributed by atoms with E-state index in [9.17, 15) is 10.1 Å². The number of thiophene rings is 1. The monoisotopic (exact) mass is 303 g/mol. The van der Waals surface area contributed by atoms with Crippen LogP contribution in [0.15, 0.2) is 41.8 Å². The molecule has 1 aromatic carbocycles. The van der Waals surface area contributed by atoms with Crippen molar-refractivity contribution in [1.29, 1.82) is 0 Å². The molecule has 0 radical (unpaired) electrons. The molecule has 1 fully saturated rings. The van der Waals surface area contributed by atoms with Gasteiger partial charge in [0.05, 0.1) is 4.92 Å². The molecule has 1 aromatic heterocycles. The van der Waals surface area contributed by atoms with Gasteiger partial charge in [-0.3, -0.25) is 15.0 Å². The highest BCUT2D eigenvalue weighted by Gasteiger charge is 2.18. The number of nitro groups is 1. The van der Waals surface area contributed by atoms with Crippen molar-refractivity contribution in [3.8, 4) is 0 Å². The summed E-state index contributed by atoms with van der Waals surface area (Å²) in [6.07, 6.45) is 0. The molecule has 6 heteroatoms. The molecular weight excluding hydrogens is 286 g/mol. The van der Waals surface area contributed by atoms with Gasteiger partial charge in [0.2, 0.25) is 0 Å². The molecule has 2 heterocycles. The quantitative estimate of drug-likeness (QED) is 0.643. The van der Waals surface area contributed by atoms with Gasteiger partial charge in [-0.15, -0.1) is 11.3 Å². The minimum Gasteiger partial charge on any atom is -0.369 e. The number of hydrogen-bond donors (Lipinski definition) is 0. The summed E-state index contributed by atoms with van der Waals surface area (Å²) in [4.78, 5) is 16.5. The molecule has 0 spiro atoms. The fraction of sp³-hybridized carbons (Fsp3) is 0.333. The highest BCUT2D eigenvalue weighted by atomic mass is 32.1. The van der Waals surface area contributed by atoms with Gasteiger partial charge >= 0.3 is 0 Å². The van der Waals surface area contributed by atoms with Crippen molar-refractivity contribution in [2.75, 3.05) is 31.1 Å². The lowest BCUT2D eigenvalue weighted by Gasteiger charge is -2.35. The lowest BCUT2D eigenvalue weighted by atomic mass is 10.2. The van der Waals surface area contributed by atoms with E-state index in [2.05, 4.69) is 27.3 Å². The standard InChI is InChI=1S/C15H17N3O2S/c19-18(20)14-5-3-13(4-6-14)17-9-7-16(8-10-17)12-15-2-1-11-21-15/h1-6,11H,7-10,12H2. The first-order valence-electron chi connectivity index (χ1n) is 6.96. The smallest absolute Gasteiger partial charge is 0.269 e. The number of hydrogen-bond acceptors (Lipinski definition) is 5. The van der Waals surface area contributed by atoms with E-state index < -0.39 is 0 Å². The molecule has 0 unspecified atom stereocenters. The van der Waals surface area contributed by atoms with Crippen LogP contribution in [-0.2, 0) is 6.54 Å². The van der Waals surface area contributed by atoms with Crippen molar-refractivity contribution in [3.05, 3.63) is 56.8 Å². The minimum atomic E-state index is -0.358. The number of piperazine rings is 1. The molecule has 1 saturated heterocycles. The van der Waals surface area contributed by atoms with Crippen LogP contribution >= 0.6 is 11.3 Å². The van der Waals surface area contributed by atoms with E-state index in [1.54, 1.807) is 23.5 Å². The van der Waals surface area contributed by atoms with Gasteiger partial charge in [0.1, 0.15) is 0 Å². The van der Waals surface area contributed by atoms with Gasteiger partial charge in [-0.2, -0.15) is 0 Å². The maximum absolute atomic E-state index is 10.7. The van der Waals surface area contributed by atoms with Crippen molar-refractivity contribution in [2.45, 2.75) is 6.54 Å². The van der Waals surface area contributed by atoms with Gasteiger partial charge in [0, 0.05) is 55.4 Å². The van der Waals surface area contributed by atoms with Gasteiger partial charge in [-0.25, -0.2) is 0 Å². The molecule has 21 heavy (non-hydrogen) atoms. The average molecular weight is 303 g/mol. The van der Waals surface area contributed by atoms with Gasteiger partial charge in [-0.1, -0.05) is 6.07 Å². The van der Waals surface area contributed by atoms with Crippen molar-refractivity contribution in [2.24, 2.45) is 0 Å². The van der Waals surface area contributed by atoms with Crippen LogP contribution in [0.5, 0.6) is 0 Å². The molecule has 0 N–H and O–H groups in total. The summed E-state index contributed by atoms with van der Waals surface area (Å²) in [5.74, 6) is 0. The van der Waals surface area contributed by atoms with E-state index in [1.807, 2.05) is 12.1 Å². The normalized spacial score (nSPS) is 16.1. The number of nitro benzene ring substituents is 1. The topological polar surface area (TPSA) is 49.6 Å². The molecule has 2 aromatic rings. The van der Waals surface area contributed by atoms with Gasteiger partial charge in [0.15, 0.2) is 0 Å². The Balaban J connectivity index is 1.56. The van der Waals surface area contributed by atoms with E-state index in [1.165, 1.54) is 4.88 Å². The molecule has 1 aliphatic heterocycles. The second kappa shape index (κ2) is 6.24. The average Bonchev–Trinajstić information content (AvgIpc) is 3.01. The Morgan fingerprint density at radius 2 is 1.81 bits per heavy atom. The molecule has 5 nitrogen and oxygen atoms in total. The van der Waals surface area contributed by atoms with Crippen molar-refractivity contribution in [3.63, 3.8) is 0 Å². The molecule has 1 aliphatic rings. The molecule has 110 valence electrons. The number of rotatable bonds is 4. The number of anilines is 1. The third kappa shape index (κ3) is 3.40. The van der Waals surface area contributed by atoms with Crippen LogP contribution < -0.4 is 4.90 Å². The molecule has 0 aliphatic carbocycles. The Hall–Kier alpha value is -1.92. The van der Waals surface area contributed by atoms with E-state index in [-0.39, 0.29) is 10.6 Å². The SMILES string of the molecule is O=[N+]([O-])c1ccc(N2CCN(Cc3cccs3)CC2)cc1. The first kappa shape index (κ1) is 14.0. The lowest BCUT2D eigenvalue weighted by molar-refractivity contribution is -0.384. The van der Waals surface area contributed by atoms with E-state index >= 15 is 0 Å². The zero-order valence-electron chi connectivity index (χ0n) is 11.6. The Morgan fingerprint density at radius 3 is 2.38 bits per heavy atom. The third-order valence-corrected chi connectivity index (χ3v) is 4.62. The van der Waals surface area contributed by atoms with Crippen LogP contribution in [0.1, 0.15) is 4.88 Å². The number of benzene rings is 1. The highest BCUT2D eigenvalue weighted by molar-refractivity contribution is 7.09. The van der Waals surface area contributed by atoms with Crippen LogP contribution in [0.4, 0.5) is 11.4 Å². The van der Waals surface area contributed by atoms with Crippen LogP contribution in [0.3, 0.4) is 0 Å². The summed E-state index contributed by atoms with van der Waals surface area (Å²) in [7, 11) is 0. The van der Waals surface area contributed by atoms with Gasteiger partial charge in [0.25, 0.3) is 5.69 Å². The van der Waals surface area contributed by atoms with Crippen LogP contribution in [0.25, 0.3) is 0 Å². The van der Waals surface area contributed by atoms with Gasteiger partial charge < -0.3 is 4.90 Å². The summed E-state index contributed by atoms with van der Waals surface area (Å²) < 4.78 is 0. The largest absolute Gasteiger partial charge is 0.369 e. The van der Waals surface area contributed by atoms with Crippen molar-refractivity contribution >= 4 is 22.7 Å². The lowest BCUT2D eigenvalue weighted by Crippen LogP contribution is -2.45. The minimum absolute atomic E-state index is 0.148. The van der Waals surface area contributed by atoms with Crippen LogP contribution in [0.2, 0.25) is 0 Å². The molecule has 0 atom stereocenters. The van der Waals surface area contributed by atoms with Crippen LogP contribution in [-0.4, -0.2) is 36.0 Å². The highest BCUT2D eigenvalue weighted by Crippen LogP contribution is 2.21. The molecular formula is C15H17N3O2S. The predicted molar refractivity (Wildman–Crippen MR) is 84.9 cm³/mol. The van der Waals surface area contributed by atoms with E-state index in [0.29, 0.717) is 0 Å². The zero-order chi connectivity index (χ0) is 14.7. The second-order valence-corrected chi connectivity index (χ2v) is 6.15. The second-order valence-electron chi connectivity index (χ2n) is 5.12.